The van der Waals surface area contributed by atoms with Gasteiger partial charge in [0.1, 0.15) is 12.7 Å². The molecule has 360 valence electrons. The first kappa shape index (κ1) is 57.7. The zero-order valence-electron chi connectivity index (χ0n) is 39.3. The highest BCUT2D eigenvalue weighted by molar-refractivity contribution is 7.47. The molecule has 1 rings (SSSR count). The van der Waals surface area contributed by atoms with Crippen molar-refractivity contribution < 1.29 is 52.5 Å². The van der Waals surface area contributed by atoms with Crippen molar-refractivity contribution in [1.82, 2.24) is 0 Å². The van der Waals surface area contributed by atoms with Crippen LogP contribution in [0.3, 0.4) is 0 Å². The van der Waals surface area contributed by atoms with Gasteiger partial charge in [0.2, 0.25) is 0 Å². The van der Waals surface area contributed by atoms with Crippen molar-refractivity contribution in [3.05, 3.63) is 12.2 Å². The lowest BCUT2D eigenvalue weighted by molar-refractivity contribution is -0.161. The number of ether oxygens (including phenoxy) is 3. The van der Waals surface area contributed by atoms with Crippen molar-refractivity contribution in [1.29, 1.82) is 0 Å². The summed E-state index contributed by atoms with van der Waals surface area (Å²) in [6, 6.07) is 0. The normalized spacial score (nSPS) is 17.6. The predicted octanol–water partition coefficient (Wildman–Crippen LogP) is 12.8. The van der Waals surface area contributed by atoms with Crippen LogP contribution in [0.25, 0.3) is 0 Å². The molecule has 0 spiro atoms. The third-order valence-electron chi connectivity index (χ3n) is 11.9. The van der Waals surface area contributed by atoms with E-state index in [4.69, 9.17) is 28.4 Å². The van der Waals surface area contributed by atoms with E-state index in [1.807, 2.05) is 0 Å². The zero-order valence-corrected chi connectivity index (χ0v) is 40.2. The maximum atomic E-state index is 12.7. The van der Waals surface area contributed by atoms with Gasteiger partial charge in [0.15, 0.2) is 6.10 Å². The third-order valence-corrected chi connectivity index (χ3v) is 12.8. The number of carbonyl (C=O) groups is 2. The lowest BCUT2D eigenvalue weighted by Crippen LogP contribution is -2.29. The van der Waals surface area contributed by atoms with Gasteiger partial charge in [0, 0.05) is 12.8 Å². The molecule has 61 heavy (non-hydrogen) atoms. The first-order valence-electron chi connectivity index (χ1n) is 25.2. The lowest BCUT2D eigenvalue weighted by atomic mass is 9.99. The number of phosphoric ester groups is 1. The van der Waals surface area contributed by atoms with Crippen LogP contribution in [0, 0.1) is 5.92 Å². The predicted molar refractivity (Wildman–Crippen MR) is 246 cm³/mol. The van der Waals surface area contributed by atoms with Gasteiger partial charge in [0.25, 0.3) is 0 Å². The average molecular weight is 889 g/mol. The molecule has 0 aromatic rings. The number of epoxide rings is 1. The Bertz CT molecular complexity index is 1100. The van der Waals surface area contributed by atoms with E-state index in [0.29, 0.717) is 25.0 Å². The second-order valence-corrected chi connectivity index (χ2v) is 19.3. The molecular weight excluding hydrogens is 796 g/mol. The lowest BCUT2D eigenvalue weighted by Gasteiger charge is -2.20. The number of allylic oxidation sites excluding steroid dienone is 1. The highest BCUT2D eigenvalue weighted by Crippen LogP contribution is 2.43. The summed E-state index contributed by atoms with van der Waals surface area (Å²) in [7, 11) is -4.63. The topological polar surface area (TPSA) is 161 Å². The number of hydrogen-bond acceptors (Lipinski definition) is 10. The molecule has 0 radical (unpaired) electrons. The van der Waals surface area contributed by atoms with Crippen molar-refractivity contribution in [3.63, 3.8) is 0 Å². The summed E-state index contributed by atoms with van der Waals surface area (Å²) in [6.45, 7) is 4.75. The largest absolute Gasteiger partial charge is 0.472 e. The van der Waals surface area contributed by atoms with Crippen LogP contribution in [0.2, 0.25) is 0 Å². The van der Waals surface area contributed by atoms with E-state index in [1.54, 1.807) is 0 Å². The van der Waals surface area contributed by atoms with Gasteiger partial charge in [-0.05, 0) is 44.4 Å². The number of phosphoric acid groups is 1. The van der Waals surface area contributed by atoms with E-state index in [2.05, 4.69) is 32.9 Å². The Balaban J connectivity index is 2.16. The summed E-state index contributed by atoms with van der Waals surface area (Å²) in [4.78, 5) is 35.2. The van der Waals surface area contributed by atoms with Gasteiger partial charge in [-0.2, -0.15) is 0 Å². The number of unbranched alkanes of at least 4 members (excludes halogenated alkanes) is 24. The fourth-order valence-electron chi connectivity index (χ4n) is 7.51. The van der Waals surface area contributed by atoms with E-state index >= 15 is 0 Å². The average Bonchev–Trinajstić information content (AvgIpc) is 4.01. The van der Waals surface area contributed by atoms with Gasteiger partial charge in [-0.15, -0.1) is 0 Å². The minimum Gasteiger partial charge on any atom is -0.462 e. The van der Waals surface area contributed by atoms with Crippen LogP contribution in [0.4, 0.5) is 0 Å². The van der Waals surface area contributed by atoms with E-state index < -0.39 is 51.8 Å². The SMILES string of the molecule is CCCCC/C=C\CC1OC1CCCCCCCC(=O)O[C@H](COC(=O)CCCCCCCCCCCCCCCCCCCCC(C)CC)COP(=O)(O)OC[C@@H](O)CO. The monoisotopic (exact) mass is 889 g/mol. The summed E-state index contributed by atoms with van der Waals surface area (Å²) in [5.74, 6) is -0.0419. The van der Waals surface area contributed by atoms with E-state index in [9.17, 15) is 24.2 Å². The van der Waals surface area contributed by atoms with Gasteiger partial charge in [-0.3, -0.25) is 18.6 Å². The molecule has 3 N–H and O–H groups in total. The standard InChI is InChI=1S/C49H93O11P/c1-4-6-7-8-25-30-35-46-47(60-46)36-31-26-23-28-33-38-49(53)59-45(42-58-61(54,55)57-40-44(51)39-50)41-56-48(52)37-32-27-22-20-18-16-14-12-10-9-11-13-15-17-19-21-24-29-34-43(3)5-2/h25,30,43-47,50-51H,4-24,26-29,31-42H2,1-3H3,(H,54,55)/b30-25-/t43?,44-,45+,46?,47?/m0/s1. The molecule has 0 saturated carbocycles. The Kier molecular flexibility index (Phi) is 38.0. The molecule has 12 heteroatoms. The molecule has 6 atom stereocenters. The smallest absolute Gasteiger partial charge is 0.462 e. The first-order valence-corrected chi connectivity index (χ1v) is 26.7. The molecule has 0 amide bonds. The zero-order chi connectivity index (χ0) is 44.7. The fourth-order valence-corrected chi connectivity index (χ4v) is 8.30. The second kappa shape index (κ2) is 40.2. The van der Waals surface area contributed by atoms with E-state index in [-0.39, 0.29) is 19.4 Å². The number of hydrogen-bond donors (Lipinski definition) is 3. The molecule has 1 fully saturated rings. The number of carbonyl (C=O) groups excluding carboxylic acids is 2. The Labute approximate surface area is 372 Å². The minimum absolute atomic E-state index is 0.165. The van der Waals surface area contributed by atoms with Crippen LogP contribution >= 0.6 is 7.82 Å². The van der Waals surface area contributed by atoms with Crippen LogP contribution < -0.4 is 0 Å². The molecule has 0 aromatic carbocycles. The molecule has 1 aliphatic heterocycles. The molecular formula is C49H93O11P. The van der Waals surface area contributed by atoms with Crippen LogP contribution in [-0.2, 0) is 37.4 Å². The van der Waals surface area contributed by atoms with Crippen molar-refractivity contribution in [2.45, 2.75) is 257 Å². The molecule has 1 saturated heterocycles. The summed E-state index contributed by atoms with van der Waals surface area (Å²) >= 11 is 0. The molecule has 4 unspecified atom stereocenters. The van der Waals surface area contributed by atoms with Gasteiger partial charge < -0.3 is 29.3 Å². The maximum absolute atomic E-state index is 12.7. The van der Waals surface area contributed by atoms with Crippen LogP contribution in [0.1, 0.15) is 233 Å². The van der Waals surface area contributed by atoms with Gasteiger partial charge >= 0.3 is 19.8 Å². The van der Waals surface area contributed by atoms with Crippen LogP contribution in [0.15, 0.2) is 12.2 Å². The van der Waals surface area contributed by atoms with Crippen molar-refractivity contribution in [2.24, 2.45) is 5.92 Å². The minimum atomic E-state index is -4.63. The van der Waals surface area contributed by atoms with Crippen molar-refractivity contribution >= 4 is 19.8 Å². The number of aliphatic hydroxyl groups excluding tert-OH is 2. The highest BCUT2D eigenvalue weighted by Gasteiger charge is 2.36. The van der Waals surface area contributed by atoms with Crippen LogP contribution in [-0.4, -0.2) is 77.9 Å². The van der Waals surface area contributed by atoms with Gasteiger partial charge in [0.05, 0.1) is 32.0 Å². The number of rotatable bonds is 46. The molecule has 0 aliphatic carbocycles. The van der Waals surface area contributed by atoms with E-state index in [1.165, 1.54) is 122 Å². The Morgan fingerprint density at radius 3 is 1.69 bits per heavy atom. The number of aliphatic hydroxyl groups is 2. The number of esters is 2. The van der Waals surface area contributed by atoms with E-state index in [0.717, 1.165) is 70.1 Å². The molecule has 0 bridgehead atoms. The van der Waals surface area contributed by atoms with Crippen molar-refractivity contribution in [2.75, 3.05) is 26.4 Å². The Hall–Kier alpha value is -1.33. The Morgan fingerprint density at radius 2 is 1.15 bits per heavy atom. The van der Waals surface area contributed by atoms with Gasteiger partial charge in [-0.1, -0.05) is 193 Å². The molecule has 0 aromatic heterocycles. The van der Waals surface area contributed by atoms with Gasteiger partial charge in [-0.25, -0.2) is 4.57 Å². The maximum Gasteiger partial charge on any atom is 0.472 e. The second-order valence-electron chi connectivity index (χ2n) is 17.8. The molecule has 11 nitrogen and oxygen atoms in total. The fraction of sp³-hybridized carbons (Fsp3) is 0.918. The van der Waals surface area contributed by atoms with Crippen molar-refractivity contribution in [3.8, 4) is 0 Å². The van der Waals surface area contributed by atoms with Crippen LogP contribution in [0.5, 0.6) is 0 Å². The quantitative estimate of drug-likeness (QED) is 0.0175. The Morgan fingerprint density at radius 1 is 0.639 bits per heavy atom. The first-order chi connectivity index (χ1) is 29.6. The summed E-state index contributed by atoms with van der Waals surface area (Å²) < 4.78 is 38.7. The molecule has 1 heterocycles. The highest BCUT2D eigenvalue weighted by atomic mass is 31.2. The summed E-state index contributed by atoms with van der Waals surface area (Å²) in [5, 5.41) is 18.4. The molecule has 1 aliphatic rings. The summed E-state index contributed by atoms with van der Waals surface area (Å²) in [6.07, 6.45) is 40.5. The summed E-state index contributed by atoms with van der Waals surface area (Å²) in [5.41, 5.74) is 0. The third kappa shape index (κ3) is 37.7.